The molecular weight excluding hydrogens is 412 g/mol. The largest absolute Gasteiger partial charge is 0.495 e. The molecule has 0 saturated carbocycles. The van der Waals surface area contributed by atoms with Crippen LogP contribution < -0.4 is 14.4 Å². The van der Waals surface area contributed by atoms with E-state index in [4.69, 9.17) is 4.74 Å². The van der Waals surface area contributed by atoms with E-state index in [0.717, 1.165) is 21.9 Å². The van der Waals surface area contributed by atoms with E-state index < -0.39 is 22.5 Å². The third kappa shape index (κ3) is 5.06. The Morgan fingerprint density at radius 3 is 2.29 bits per heavy atom. The maximum Gasteiger partial charge on any atom is 0.264 e. The molecular formula is C24H26N2O4S. The second-order valence-electron chi connectivity index (χ2n) is 7.06. The van der Waals surface area contributed by atoms with Gasteiger partial charge in [0.05, 0.1) is 17.7 Å². The number of sulfonamides is 1. The van der Waals surface area contributed by atoms with E-state index in [0.29, 0.717) is 17.1 Å². The zero-order chi connectivity index (χ0) is 22.4. The number of aryl methyl sites for hydroxylation is 2. The highest BCUT2D eigenvalue weighted by atomic mass is 32.2. The van der Waals surface area contributed by atoms with Gasteiger partial charge in [0.1, 0.15) is 12.3 Å². The molecule has 0 saturated heterocycles. The molecule has 1 amide bonds. The molecule has 0 fully saturated rings. The van der Waals surface area contributed by atoms with Crippen LogP contribution in [-0.4, -0.2) is 28.0 Å². The number of carbonyl (C=O) groups is 1. The topological polar surface area (TPSA) is 75.7 Å². The smallest absolute Gasteiger partial charge is 0.264 e. The zero-order valence-electron chi connectivity index (χ0n) is 17.8. The standard InChI is InChI=1S/C24H26N2O4S/c1-4-19-9-5-6-10-21(19)25-24(27)17-26(22-11-7-8-12-23(22)30-3)31(28,29)20-15-13-18(2)14-16-20/h5-16H,4,17H2,1-3H3,(H,25,27). The lowest BCUT2D eigenvalue weighted by atomic mass is 10.1. The van der Waals surface area contributed by atoms with Crippen molar-refractivity contribution in [3.05, 3.63) is 83.9 Å². The van der Waals surface area contributed by atoms with Gasteiger partial charge in [-0.1, -0.05) is 55.0 Å². The van der Waals surface area contributed by atoms with Crippen molar-refractivity contribution >= 4 is 27.3 Å². The number of nitrogens with one attached hydrogen (secondary N) is 1. The van der Waals surface area contributed by atoms with Gasteiger partial charge in [0.25, 0.3) is 10.0 Å². The first-order valence-corrected chi connectivity index (χ1v) is 11.4. The molecule has 0 aliphatic carbocycles. The Morgan fingerprint density at radius 2 is 1.61 bits per heavy atom. The zero-order valence-corrected chi connectivity index (χ0v) is 18.6. The number of carbonyl (C=O) groups excluding carboxylic acids is 1. The third-order valence-electron chi connectivity index (χ3n) is 4.92. The van der Waals surface area contributed by atoms with Crippen LogP contribution in [0, 0.1) is 6.92 Å². The number of ether oxygens (including phenoxy) is 1. The summed E-state index contributed by atoms with van der Waals surface area (Å²) in [5.41, 5.74) is 2.88. The molecule has 3 aromatic carbocycles. The van der Waals surface area contributed by atoms with Crippen LogP contribution in [0.4, 0.5) is 11.4 Å². The van der Waals surface area contributed by atoms with Crippen LogP contribution in [0.3, 0.4) is 0 Å². The number of hydrogen-bond acceptors (Lipinski definition) is 4. The summed E-state index contributed by atoms with van der Waals surface area (Å²) in [6.45, 7) is 3.48. The maximum absolute atomic E-state index is 13.5. The molecule has 3 rings (SSSR count). The molecule has 0 spiro atoms. The molecule has 0 aliphatic heterocycles. The Balaban J connectivity index is 2.00. The van der Waals surface area contributed by atoms with Crippen LogP contribution in [-0.2, 0) is 21.2 Å². The Bertz CT molecular complexity index is 1160. The molecule has 0 aromatic heterocycles. The Morgan fingerprint density at radius 1 is 0.968 bits per heavy atom. The summed E-state index contributed by atoms with van der Waals surface area (Å²) < 4.78 is 33.5. The fourth-order valence-electron chi connectivity index (χ4n) is 3.24. The van der Waals surface area contributed by atoms with Crippen molar-refractivity contribution < 1.29 is 17.9 Å². The van der Waals surface area contributed by atoms with Crippen molar-refractivity contribution in [1.29, 1.82) is 0 Å². The Kier molecular flexibility index (Phi) is 6.97. The molecule has 0 heterocycles. The number of rotatable bonds is 8. The van der Waals surface area contributed by atoms with Crippen LogP contribution in [0.2, 0.25) is 0 Å². The van der Waals surface area contributed by atoms with E-state index in [1.54, 1.807) is 42.5 Å². The summed E-state index contributed by atoms with van der Waals surface area (Å²) in [7, 11) is -2.55. The maximum atomic E-state index is 13.5. The molecule has 162 valence electrons. The van der Waals surface area contributed by atoms with Crippen LogP contribution in [0.25, 0.3) is 0 Å². The Hall–Kier alpha value is -3.32. The first-order valence-electron chi connectivity index (χ1n) is 9.97. The second kappa shape index (κ2) is 9.66. The molecule has 0 bridgehead atoms. The van der Waals surface area contributed by atoms with Gasteiger partial charge in [-0.05, 0) is 49.2 Å². The van der Waals surface area contributed by atoms with E-state index >= 15 is 0 Å². The molecule has 0 radical (unpaired) electrons. The van der Waals surface area contributed by atoms with E-state index in [-0.39, 0.29) is 4.90 Å². The number of hydrogen-bond donors (Lipinski definition) is 1. The van der Waals surface area contributed by atoms with Gasteiger partial charge in [-0.15, -0.1) is 0 Å². The summed E-state index contributed by atoms with van der Waals surface area (Å²) in [5.74, 6) is -0.0811. The van der Waals surface area contributed by atoms with Gasteiger partial charge < -0.3 is 10.1 Å². The molecule has 7 heteroatoms. The van der Waals surface area contributed by atoms with Crippen LogP contribution in [0.5, 0.6) is 5.75 Å². The van der Waals surface area contributed by atoms with E-state index in [9.17, 15) is 13.2 Å². The normalized spacial score (nSPS) is 11.1. The molecule has 0 atom stereocenters. The highest BCUT2D eigenvalue weighted by Gasteiger charge is 2.29. The molecule has 31 heavy (non-hydrogen) atoms. The van der Waals surface area contributed by atoms with Crippen molar-refractivity contribution in [2.24, 2.45) is 0 Å². The highest BCUT2D eigenvalue weighted by molar-refractivity contribution is 7.92. The predicted octanol–water partition coefficient (Wildman–Crippen LogP) is 4.40. The van der Waals surface area contributed by atoms with Gasteiger partial charge in [-0.2, -0.15) is 0 Å². The quantitative estimate of drug-likeness (QED) is 0.566. The van der Waals surface area contributed by atoms with Gasteiger partial charge in [-0.3, -0.25) is 9.10 Å². The minimum absolute atomic E-state index is 0.103. The lowest BCUT2D eigenvalue weighted by Crippen LogP contribution is -2.38. The minimum atomic E-state index is -4.01. The predicted molar refractivity (Wildman–Crippen MR) is 123 cm³/mol. The third-order valence-corrected chi connectivity index (χ3v) is 6.70. The highest BCUT2D eigenvalue weighted by Crippen LogP contribution is 2.32. The van der Waals surface area contributed by atoms with E-state index in [1.165, 1.54) is 19.2 Å². The lowest BCUT2D eigenvalue weighted by Gasteiger charge is -2.26. The monoisotopic (exact) mass is 438 g/mol. The van der Waals surface area contributed by atoms with Crippen molar-refractivity contribution in [2.75, 3.05) is 23.3 Å². The summed E-state index contributed by atoms with van der Waals surface area (Å²) in [6.07, 6.45) is 0.744. The summed E-state index contributed by atoms with van der Waals surface area (Å²) in [5, 5.41) is 2.85. The van der Waals surface area contributed by atoms with Crippen LogP contribution >= 0.6 is 0 Å². The molecule has 0 aliphatic rings. The van der Waals surface area contributed by atoms with Gasteiger partial charge in [0.2, 0.25) is 5.91 Å². The number of para-hydroxylation sites is 3. The van der Waals surface area contributed by atoms with Crippen molar-refractivity contribution in [1.82, 2.24) is 0 Å². The summed E-state index contributed by atoms with van der Waals surface area (Å²) in [4.78, 5) is 13.0. The lowest BCUT2D eigenvalue weighted by molar-refractivity contribution is -0.114. The van der Waals surface area contributed by atoms with Crippen LogP contribution in [0.1, 0.15) is 18.1 Å². The first kappa shape index (κ1) is 22.4. The number of nitrogens with zero attached hydrogens (tertiary/aromatic N) is 1. The number of anilines is 2. The van der Waals surface area contributed by atoms with E-state index in [2.05, 4.69) is 5.32 Å². The van der Waals surface area contributed by atoms with Gasteiger partial charge in [0, 0.05) is 5.69 Å². The Labute approximate surface area is 183 Å². The minimum Gasteiger partial charge on any atom is -0.495 e. The summed E-state index contributed by atoms with van der Waals surface area (Å²) in [6, 6.07) is 20.7. The summed E-state index contributed by atoms with van der Waals surface area (Å²) >= 11 is 0. The molecule has 6 nitrogen and oxygen atoms in total. The van der Waals surface area contributed by atoms with Crippen molar-refractivity contribution in [2.45, 2.75) is 25.2 Å². The number of amides is 1. The van der Waals surface area contributed by atoms with Crippen molar-refractivity contribution in [3.8, 4) is 5.75 Å². The van der Waals surface area contributed by atoms with Gasteiger partial charge >= 0.3 is 0 Å². The van der Waals surface area contributed by atoms with Crippen molar-refractivity contribution in [3.63, 3.8) is 0 Å². The van der Waals surface area contributed by atoms with E-state index in [1.807, 2.05) is 32.0 Å². The molecule has 0 unspecified atom stereocenters. The van der Waals surface area contributed by atoms with Crippen LogP contribution in [0.15, 0.2) is 77.7 Å². The number of benzene rings is 3. The number of methoxy groups -OCH3 is 1. The average molecular weight is 439 g/mol. The van der Waals surface area contributed by atoms with Gasteiger partial charge in [0.15, 0.2) is 0 Å². The second-order valence-corrected chi connectivity index (χ2v) is 8.92. The molecule has 1 N–H and O–H groups in total. The fourth-order valence-corrected chi connectivity index (χ4v) is 4.68. The average Bonchev–Trinajstić information content (AvgIpc) is 2.78. The fraction of sp³-hybridized carbons (Fsp3) is 0.208. The SMILES string of the molecule is CCc1ccccc1NC(=O)CN(c1ccccc1OC)S(=O)(=O)c1ccc(C)cc1. The first-order chi connectivity index (χ1) is 14.9. The molecule has 3 aromatic rings. The van der Waals surface area contributed by atoms with Gasteiger partial charge in [-0.25, -0.2) is 8.42 Å².